The quantitative estimate of drug-likeness (QED) is 0.0222. The van der Waals surface area contributed by atoms with Gasteiger partial charge in [-0.05, 0) is 43.4 Å². The molecule has 0 aliphatic heterocycles. The monoisotopic (exact) mass is 1420 g/mol. The number of hydrogen-bond donors (Lipinski definition) is 3. The minimum absolute atomic E-state index is 0.106. The van der Waals surface area contributed by atoms with Crippen LogP contribution in [0.5, 0.6) is 0 Å². The fourth-order valence-corrected chi connectivity index (χ4v) is 13.5. The van der Waals surface area contributed by atoms with Gasteiger partial charge in [0, 0.05) is 25.7 Å². The van der Waals surface area contributed by atoms with Crippen molar-refractivity contribution in [2.24, 2.45) is 17.8 Å². The molecule has 0 amide bonds. The van der Waals surface area contributed by atoms with Crippen molar-refractivity contribution in [3.05, 3.63) is 0 Å². The van der Waals surface area contributed by atoms with E-state index in [1.54, 1.807) is 0 Å². The van der Waals surface area contributed by atoms with Crippen molar-refractivity contribution < 1.29 is 80.2 Å². The average molecular weight is 1420 g/mol. The molecule has 0 aromatic rings. The van der Waals surface area contributed by atoms with Gasteiger partial charge in [0.05, 0.1) is 26.4 Å². The van der Waals surface area contributed by atoms with Crippen LogP contribution in [0, 0.1) is 17.8 Å². The largest absolute Gasteiger partial charge is 0.472 e. The van der Waals surface area contributed by atoms with Crippen molar-refractivity contribution in [1.29, 1.82) is 0 Å². The maximum absolute atomic E-state index is 13.1. The third-order valence-corrected chi connectivity index (χ3v) is 20.4. The Balaban J connectivity index is 5.26. The van der Waals surface area contributed by atoms with Gasteiger partial charge in [-0.15, -0.1) is 0 Å². The lowest BCUT2D eigenvalue weighted by Gasteiger charge is -2.21. The molecule has 97 heavy (non-hydrogen) atoms. The van der Waals surface area contributed by atoms with E-state index in [0.717, 1.165) is 108 Å². The van der Waals surface area contributed by atoms with E-state index in [4.69, 9.17) is 37.0 Å². The third-order valence-electron chi connectivity index (χ3n) is 18.5. The predicted octanol–water partition coefficient (Wildman–Crippen LogP) is 23.0. The molecule has 3 N–H and O–H groups in total. The van der Waals surface area contributed by atoms with Crippen molar-refractivity contribution in [3.8, 4) is 0 Å². The molecule has 0 saturated heterocycles. The topological polar surface area (TPSA) is 237 Å². The van der Waals surface area contributed by atoms with Crippen molar-refractivity contribution >= 4 is 39.5 Å². The van der Waals surface area contributed by atoms with Gasteiger partial charge in [-0.3, -0.25) is 37.3 Å². The van der Waals surface area contributed by atoms with Gasteiger partial charge in [0.1, 0.15) is 19.3 Å². The van der Waals surface area contributed by atoms with Crippen molar-refractivity contribution in [1.82, 2.24) is 0 Å². The maximum atomic E-state index is 13.1. The Kier molecular flexibility index (Phi) is 67.1. The summed E-state index contributed by atoms with van der Waals surface area (Å²) in [7, 11) is -9.92. The second kappa shape index (κ2) is 68.5. The summed E-state index contributed by atoms with van der Waals surface area (Å²) in [6.45, 7) is 11.9. The Morgan fingerprint density at radius 2 is 0.526 bits per heavy atom. The smallest absolute Gasteiger partial charge is 0.462 e. The normalized spacial score (nSPS) is 14.3. The average Bonchev–Trinajstić information content (AvgIpc) is 1.35. The third kappa shape index (κ3) is 70.9. The van der Waals surface area contributed by atoms with Crippen molar-refractivity contribution in [2.75, 3.05) is 39.6 Å². The lowest BCUT2D eigenvalue weighted by molar-refractivity contribution is -0.161. The van der Waals surface area contributed by atoms with Gasteiger partial charge in [0.2, 0.25) is 0 Å². The van der Waals surface area contributed by atoms with Gasteiger partial charge in [0.25, 0.3) is 0 Å². The molecule has 0 bridgehead atoms. The van der Waals surface area contributed by atoms with E-state index in [9.17, 15) is 43.2 Å². The van der Waals surface area contributed by atoms with E-state index < -0.39 is 97.5 Å². The molecule has 0 spiro atoms. The molecule has 19 heteroatoms. The number of phosphoric acid groups is 2. The Morgan fingerprint density at radius 1 is 0.299 bits per heavy atom. The summed E-state index contributed by atoms with van der Waals surface area (Å²) in [6.07, 6.45) is 55.3. The van der Waals surface area contributed by atoms with Gasteiger partial charge in [-0.1, -0.05) is 350 Å². The highest BCUT2D eigenvalue weighted by Gasteiger charge is 2.30. The second-order valence-corrected chi connectivity index (χ2v) is 32.2. The molecule has 0 heterocycles. The first-order chi connectivity index (χ1) is 46.8. The highest BCUT2D eigenvalue weighted by Crippen LogP contribution is 2.45. The molecule has 6 atom stereocenters. The van der Waals surface area contributed by atoms with Crippen LogP contribution >= 0.6 is 15.6 Å². The van der Waals surface area contributed by atoms with E-state index in [-0.39, 0.29) is 25.7 Å². The van der Waals surface area contributed by atoms with Crippen molar-refractivity contribution in [2.45, 2.75) is 420 Å². The number of aliphatic hydroxyl groups is 1. The maximum Gasteiger partial charge on any atom is 0.472 e. The number of carbonyl (C=O) groups excluding carboxylic acids is 4. The Morgan fingerprint density at radius 3 is 0.784 bits per heavy atom. The number of rotatable bonds is 76. The molecular formula is C78H152O17P2. The zero-order valence-electron chi connectivity index (χ0n) is 63.5. The summed E-state index contributed by atoms with van der Waals surface area (Å²) < 4.78 is 68.6. The van der Waals surface area contributed by atoms with Crippen LogP contribution < -0.4 is 0 Å². The summed E-state index contributed by atoms with van der Waals surface area (Å²) in [6, 6.07) is 0. The summed E-state index contributed by atoms with van der Waals surface area (Å²) >= 11 is 0. The number of aliphatic hydroxyl groups excluding tert-OH is 1. The van der Waals surface area contributed by atoms with Gasteiger partial charge in [-0.25, -0.2) is 9.13 Å². The van der Waals surface area contributed by atoms with Crippen LogP contribution in [-0.2, 0) is 65.4 Å². The summed E-state index contributed by atoms with van der Waals surface area (Å²) in [5, 5.41) is 10.6. The first-order valence-electron chi connectivity index (χ1n) is 40.4. The summed E-state index contributed by atoms with van der Waals surface area (Å²) in [4.78, 5) is 72.9. The lowest BCUT2D eigenvalue weighted by atomic mass is 9.99. The van der Waals surface area contributed by atoms with Crippen LogP contribution in [0.3, 0.4) is 0 Å². The fourth-order valence-electron chi connectivity index (χ4n) is 11.9. The molecule has 0 aliphatic rings. The van der Waals surface area contributed by atoms with Crippen LogP contribution in [0.2, 0.25) is 0 Å². The molecule has 17 nitrogen and oxygen atoms in total. The van der Waals surface area contributed by atoms with E-state index in [0.29, 0.717) is 25.7 Å². The number of ether oxygens (including phenoxy) is 4. The van der Waals surface area contributed by atoms with Crippen LogP contribution in [0.25, 0.3) is 0 Å². The molecule has 0 radical (unpaired) electrons. The van der Waals surface area contributed by atoms with Crippen LogP contribution in [0.15, 0.2) is 0 Å². The van der Waals surface area contributed by atoms with Crippen LogP contribution in [0.1, 0.15) is 402 Å². The SMILES string of the molecule is CCCCCCCCCCCCCCCCC(=O)OC[C@H](COP(=O)(O)OC[C@@H](O)COP(=O)(O)OC[C@@H](COC(=O)CCCCCCCCCCCC(C)C)OC(=O)CCCCCCCCCCCCC(C)C)OC(=O)CCCCCCCCCCCCCCCCC(C)CC. The Labute approximate surface area is 594 Å². The molecule has 0 rings (SSSR count). The zero-order chi connectivity index (χ0) is 71.6. The van der Waals surface area contributed by atoms with Crippen molar-refractivity contribution in [3.63, 3.8) is 0 Å². The predicted molar refractivity (Wildman–Crippen MR) is 395 cm³/mol. The summed E-state index contributed by atoms with van der Waals surface area (Å²) in [5.41, 5.74) is 0. The molecule has 0 fully saturated rings. The summed E-state index contributed by atoms with van der Waals surface area (Å²) in [5.74, 6) is 0.228. The first kappa shape index (κ1) is 95.1. The molecule has 576 valence electrons. The van der Waals surface area contributed by atoms with Gasteiger partial charge < -0.3 is 33.8 Å². The molecule has 0 aliphatic carbocycles. The minimum Gasteiger partial charge on any atom is -0.462 e. The van der Waals surface area contributed by atoms with Gasteiger partial charge in [0.15, 0.2) is 12.2 Å². The van der Waals surface area contributed by atoms with Crippen LogP contribution in [0.4, 0.5) is 0 Å². The number of esters is 4. The van der Waals surface area contributed by atoms with Crippen LogP contribution in [-0.4, -0.2) is 96.7 Å². The molecule has 0 saturated carbocycles. The number of unbranched alkanes of at least 4 members (excludes halogenated alkanes) is 43. The molecule has 3 unspecified atom stereocenters. The van der Waals surface area contributed by atoms with E-state index in [1.807, 2.05) is 0 Å². The van der Waals surface area contributed by atoms with E-state index in [2.05, 4.69) is 48.5 Å². The fraction of sp³-hybridized carbons (Fsp3) is 0.949. The second-order valence-electron chi connectivity index (χ2n) is 29.3. The van der Waals surface area contributed by atoms with E-state index >= 15 is 0 Å². The van der Waals surface area contributed by atoms with Gasteiger partial charge >= 0.3 is 39.5 Å². The number of hydrogen-bond acceptors (Lipinski definition) is 15. The Bertz CT molecular complexity index is 1890. The number of carbonyl (C=O) groups is 4. The molecular weight excluding hydrogens is 1270 g/mol. The zero-order valence-corrected chi connectivity index (χ0v) is 65.3. The first-order valence-corrected chi connectivity index (χ1v) is 43.4. The minimum atomic E-state index is -4.96. The lowest BCUT2D eigenvalue weighted by Crippen LogP contribution is -2.30. The highest BCUT2D eigenvalue weighted by atomic mass is 31.2. The van der Waals surface area contributed by atoms with E-state index in [1.165, 1.54) is 212 Å². The Hall–Kier alpha value is -1.94. The number of phosphoric ester groups is 2. The van der Waals surface area contributed by atoms with Gasteiger partial charge in [-0.2, -0.15) is 0 Å². The standard InChI is InChI=1S/C78H152O17P2/c1-8-10-11-12-13-14-15-16-20-23-31-38-45-52-59-75(80)88-65-73(94-77(82)61-54-47-40-32-24-21-18-17-19-22-30-37-44-51-58-71(7)9-2)67-92-96(84,85)90-63-72(79)64-91-97(86,87)93-68-74(66-89-76(81)60-53-46-39-34-27-29-36-43-50-57-70(5)6)95-78(83)62-55-48-41-33-26-25-28-35-42-49-56-69(3)4/h69-74,79H,8-68H2,1-7H3,(H,84,85)(H,86,87)/t71?,72-,73-,74-/m1/s1. The molecule has 0 aromatic heterocycles. The molecule has 0 aromatic carbocycles. The highest BCUT2D eigenvalue weighted by molar-refractivity contribution is 7.47.